The van der Waals surface area contributed by atoms with E-state index in [0.717, 1.165) is 78.2 Å². The van der Waals surface area contributed by atoms with Crippen molar-refractivity contribution in [2.24, 2.45) is 12.5 Å². The number of nitrogens with zero attached hydrogens (tertiary/aromatic N) is 8. The lowest BCUT2D eigenvalue weighted by Crippen LogP contribution is -2.62. The van der Waals surface area contributed by atoms with Crippen LogP contribution in [-0.2, 0) is 7.05 Å². The Kier molecular flexibility index (Phi) is 5.63. The molecule has 2 saturated heterocycles. The normalized spacial score (nSPS) is 16.2. The van der Waals surface area contributed by atoms with Gasteiger partial charge in [0, 0.05) is 85.0 Å². The van der Waals surface area contributed by atoms with Crippen molar-refractivity contribution in [3.8, 4) is 28.3 Å². The van der Waals surface area contributed by atoms with E-state index >= 15 is 0 Å². The van der Waals surface area contributed by atoms with Crippen LogP contribution in [0.25, 0.3) is 27.8 Å². The number of fused-ring (bicyclic) bond motifs is 1. The van der Waals surface area contributed by atoms with Crippen molar-refractivity contribution < 1.29 is 4.79 Å². The van der Waals surface area contributed by atoms with Crippen molar-refractivity contribution >= 4 is 17.2 Å². The molecular formula is C31H28N8O. The number of aryl methyl sites for hydroxylation is 1. The second-order valence-electron chi connectivity index (χ2n) is 10.9. The Labute approximate surface area is 231 Å². The van der Waals surface area contributed by atoms with E-state index in [1.54, 1.807) is 15.4 Å². The van der Waals surface area contributed by atoms with Gasteiger partial charge in [-0.2, -0.15) is 15.5 Å². The van der Waals surface area contributed by atoms with Crippen molar-refractivity contribution in [2.75, 3.05) is 31.1 Å². The summed E-state index contributed by atoms with van der Waals surface area (Å²) in [5.41, 5.74) is 6.06. The number of nitriles is 1. The van der Waals surface area contributed by atoms with Crippen molar-refractivity contribution in [1.29, 1.82) is 5.26 Å². The summed E-state index contributed by atoms with van der Waals surface area (Å²) in [6.07, 6.45) is 11.3. The number of anilines is 1. The highest BCUT2D eigenvalue weighted by molar-refractivity contribution is 5.94. The Hall–Kier alpha value is -4.97. The molecule has 0 atom stereocenters. The largest absolute Gasteiger partial charge is 0.357 e. The summed E-state index contributed by atoms with van der Waals surface area (Å²) in [6, 6.07) is 18.0. The molecule has 0 radical (unpaired) electrons. The molecule has 40 heavy (non-hydrogen) atoms. The number of piperidine rings is 1. The van der Waals surface area contributed by atoms with Gasteiger partial charge in [-0.05, 0) is 43.2 Å². The molecule has 198 valence electrons. The number of pyridine rings is 2. The molecule has 0 N–H and O–H groups in total. The molecule has 5 aromatic rings. The standard InChI is InChI=1S/C31H28N8O/c1-36-18-26(17-34-36)24-13-27(29-25(14-32)16-35-39(29)19-24)23-7-8-28(33-15-23)37-11-9-31(10-12-37)20-38(21-31)30(40)22-5-3-2-4-6-22/h2-8,13,15-19H,9-12,20-21H2,1H3. The first-order valence-electron chi connectivity index (χ1n) is 13.5. The average Bonchev–Trinajstić information content (AvgIpc) is 3.61. The van der Waals surface area contributed by atoms with Gasteiger partial charge >= 0.3 is 0 Å². The van der Waals surface area contributed by atoms with E-state index in [1.165, 1.54) is 0 Å². The quantitative estimate of drug-likeness (QED) is 0.343. The topological polar surface area (TPSA) is 95.3 Å². The van der Waals surface area contributed by atoms with E-state index in [1.807, 2.05) is 67.1 Å². The van der Waals surface area contributed by atoms with Crippen molar-refractivity contribution in [3.05, 3.63) is 90.6 Å². The van der Waals surface area contributed by atoms with Gasteiger partial charge in [0.05, 0.1) is 23.5 Å². The summed E-state index contributed by atoms with van der Waals surface area (Å²) in [7, 11) is 1.89. The van der Waals surface area contributed by atoms with Gasteiger partial charge in [0.2, 0.25) is 0 Å². The number of hydrogen-bond donors (Lipinski definition) is 0. The molecular weight excluding hydrogens is 500 g/mol. The third kappa shape index (κ3) is 4.09. The Balaban J connectivity index is 1.08. The van der Waals surface area contributed by atoms with Crippen LogP contribution in [0.2, 0.25) is 0 Å². The number of aromatic nitrogens is 5. The minimum atomic E-state index is 0.130. The zero-order chi connectivity index (χ0) is 27.3. The highest BCUT2D eigenvalue weighted by Crippen LogP contribution is 2.42. The SMILES string of the molecule is Cn1cc(-c2cc(-c3ccc(N4CCC5(CC4)CN(C(=O)c4ccccc4)C5)nc3)c3c(C#N)cnn3c2)cn1. The monoisotopic (exact) mass is 528 g/mol. The van der Waals surface area contributed by atoms with Crippen molar-refractivity contribution in [3.63, 3.8) is 0 Å². The Morgan fingerprint density at radius 2 is 1.73 bits per heavy atom. The van der Waals surface area contributed by atoms with Crippen molar-refractivity contribution in [1.82, 2.24) is 29.3 Å². The second kappa shape index (κ2) is 9.35. The van der Waals surface area contributed by atoms with Gasteiger partial charge in [-0.3, -0.25) is 9.48 Å². The number of benzene rings is 1. The molecule has 1 amide bonds. The summed E-state index contributed by atoms with van der Waals surface area (Å²) in [6.45, 7) is 3.50. The Morgan fingerprint density at radius 1 is 0.925 bits per heavy atom. The predicted octanol–water partition coefficient (Wildman–Crippen LogP) is 4.41. The van der Waals surface area contributed by atoms with E-state index in [4.69, 9.17) is 4.98 Å². The molecule has 6 heterocycles. The van der Waals surface area contributed by atoms with E-state index < -0.39 is 0 Å². The lowest BCUT2D eigenvalue weighted by molar-refractivity contribution is -0.00791. The predicted molar refractivity (Wildman–Crippen MR) is 152 cm³/mol. The highest BCUT2D eigenvalue weighted by atomic mass is 16.2. The highest BCUT2D eigenvalue weighted by Gasteiger charge is 2.46. The fourth-order valence-corrected chi connectivity index (χ4v) is 6.08. The lowest BCUT2D eigenvalue weighted by atomic mass is 9.71. The Morgan fingerprint density at radius 3 is 2.40 bits per heavy atom. The number of hydrogen-bond acceptors (Lipinski definition) is 6. The van der Waals surface area contributed by atoms with Gasteiger partial charge in [0.15, 0.2) is 0 Å². The molecule has 4 aromatic heterocycles. The van der Waals surface area contributed by atoms with Crippen LogP contribution in [0.3, 0.4) is 0 Å². The smallest absolute Gasteiger partial charge is 0.253 e. The molecule has 2 aliphatic heterocycles. The summed E-state index contributed by atoms with van der Waals surface area (Å²) >= 11 is 0. The first-order chi connectivity index (χ1) is 19.5. The van der Waals surface area contributed by atoms with Gasteiger partial charge in [-0.25, -0.2) is 9.50 Å². The van der Waals surface area contributed by atoms with Crippen LogP contribution in [0.15, 0.2) is 79.5 Å². The van der Waals surface area contributed by atoms with E-state index in [9.17, 15) is 10.1 Å². The van der Waals surface area contributed by atoms with E-state index in [0.29, 0.717) is 5.56 Å². The van der Waals surface area contributed by atoms with Crippen LogP contribution in [0.1, 0.15) is 28.8 Å². The maximum Gasteiger partial charge on any atom is 0.253 e. The maximum absolute atomic E-state index is 12.8. The zero-order valence-corrected chi connectivity index (χ0v) is 22.2. The van der Waals surface area contributed by atoms with Gasteiger partial charge < -0.3 is 9.80 Å². The molecule has 1 aromatic carbocycles. The number of amides is 1. The summed E-state index contributed by atoms with van der Waals surface area (Å²) in [5.74, 6) is 1.08. The molecule has 9 nitrogen and oxygen atoms in total. The molecule has 2 fully saturated rings. The summed E-state index contributed by atoms with van der Waals surface area (Å²) in [5, 5.41) is 18.4. The molecule has 1 spiro atoms. The molecule has 0 saturated carbocycles. The summed E-state index contributed by atoms with van der Waals surface area (Å²) in [4.78, 5) is 21.9. The fraction of sp³-hybridized carbons (Fsp3) is 0.258. The minimum absolute atomic E-state index is 0.130. The molecule has 7 rings (SSSR count). The number of likely N-dealkylation sites (tertiary alicyclic amines) is 1. The fourth-order valence-electron chi connectivity index (χ4n) is 6.08. The third-order valence-electron chi connectivity index (χ3n) is 8.34. The van der Waals surface area contributed by atoms with Crippen LogP contribution in [0.5, 0.6) is 0 Å². The number of carbonyl (C=O) groups is 1. The van der Waals surface area contributed by atoms with E-state index in [2.05, 4.69) is 39.4 Å². The van der Waals surface area contributed by atoms with E-state index in [-0.39, 0.29) is 11.3 Å². The van der Waals surface area contributed by atoms with Gasteiger partial charge in [0.1, 0.15) is 11.9 Å². The number of rotatable bonds is 4. The molecule has 0 unspecified atom stereocenters. The van der Waals surface area contributed by atoms with Crippen LogP contribution in [-0.4, -0.2) is 61.4 Å². The molecule has 2 aliphatic rings. The maximum atomic E-state index is 12.8. The van der Waals surface area contributed by atoms with Gasteiger partial charge in [-0.15, -0.1) is 0 Å². The lowest BCUT2D eigenvalue weighted by Gasteiger charge is -2.54. The molecule has 9 heteroatoms. The second-order valence-corrected chi connectivity index (χ2v) is 10.9. The van der Waals surface area contributed by atoms with Gasteiger partial charge in [0.25, 0.3) is 5.91 Å². The Bertz CT molecular complexity index is 1750. The first-order valence-corrected chi connectivity index (χ1v) is 13.5. The minimum Gasteiger partial charge on any atom is -0.357 e. The average molecular weight is 529 g/mol. The van der Waals surface area contributed by atoms with Crippen LogP contribution >= 0.6 is 0 Å². The summed E-state index contributed by atoms with van der Waals surface area (Å²) < 4.78 is 3.53. The molecule has 0 aliphatic carbocycles. The third-order valence-corrected chi connectivity index (χ3v) is 8.34. The van der Waals surface area contributed by atoms with Crippen molar-refractivity contribution in [2.45, 2.75) is 12.8 Å². The first kappa shape index (κ1) is 24.1. The van der Waals surface area contributed by atoms with Crippen LogP contribution < -0.4 is 4.90 Å². The zero-order valence-electron chi connectivity index (χ0n) is 22.2. The molecule has 0 bridgehead atoms. The van der Waals surface area contributed by atoms with Crippen LogP contribution in [0, 0.1) is 16.7 Å². The van der Waals surface area contributed by atoms with Gasteiger partial charge in [-0.1, -0.05) is 18.2 Å². The number of carbonyl (C=O) groups excluding carboxylic acids is 1. The van der Waals surface area contributed by atoms with Crippen LogP contribution in [0.4, 0.5) is 5.82 Å².